The standard InChI is InChI=1S/C16H16NO4PS/c18-22(19,20)21-12-6-5-11-17-13-7-1-3-9-15(13)23-16-10-4-2-8-14(16)17/h1-10H,11-12H2,(H2,18,19,20). The van der Waals surface area contributed by atoms with E-state index >= 15 is 0 Å². The van der Waals surface area contributed by atoms with Crippen LogP contribution in [-0.4, -0.2) is 22.9 Å². The fraction of sp³-hybridized carbons (Fsp3) is 0.125. The highest BCUT2D eigenvalue weighted by Gasteiger charge is 2.21. The van der Waals surface area contributed by atoms with Crippen LogP contribution >= 0.6 is 19.6 Å². The van der Waals surface area contributed by atoms with Gasteiger partial charge in [-0.25, -0.2) is 4.57 Å². The first kappa shape index (κ1) is 16.3. The van der Waals surface area contributed by atoms with Crippen LogP contribution in [0.2, 0.25) is 0 Å². The number of hydrogen-bond donors (Lipinski definition) is 2. The van der Waals surface area contributed by atoms with Gasteiger partial charge in [-0.3, -0.25) is 4.52 Å². The van der Waals surface area contributed by atoms with E-state index in [2.05, 4.69) is 33.7 Å². The number of hydrogen-bond acceptors (Lipinski definition) is 4. The average Bonchev–Trinajstić information content (AvgIpc) is 2.52. The molecule has 1 heterocycles. The zero-order valence-corrected chi connectivity index (χ0v) is 13.9. The average molecular weight is 349 g/mol. The minimum absolute atomic E-state index is 0.115. The van der Waals surface area contributed by atoms with E-state index in [1.54, 1.807) is 17.8 Å². The number of para-hydroxylation sites is 2. The lowest BCUT2D eigenvalue weighted by atomic mass is 10.2. The van der Waals surface area contributed by atoms with Gasteiger partial charge in [0.15, 0.2) is 0 Å². The number of anilines is 2. The zero-order valence-electron chi connectivity index (χ0n) is 12.2. The summed E-state index contributed by atoms with van der Waals surface area (Å²) in [6.45, 7) is 0.481. The Balaban J connectivity index is 1.79. The molecule has 1 aliphatic heterocycles. The quantitative estimate of drug-likeness (QED) is 0.629. The lowest BCUT2D eigenvalue weighted by molar-refractivity contribution is 0.215. The van der Waals surface area contributed by atoms with Crippen LogP contribution in [0.1, 0.15) is 0 Å². The second-order valence-electron chi connectivity index (χ2n) is 4.91. The maximum atomic E-state index is 10.6. The molecule has 0 saturated heterocycles. The third kappa shape index (κ3) is 4.05. The van der Waals surface area contributed by atoms with Crippen LogP contribution in [0, 0.1) is 0 Å². The largest absolute Gasteiger partial charge is 0.469 e. The molecule has 2 aromatic rings. The molecule has 3 rings (SSSR count). The molecule has 2 aromatic carbocycles. The molecular weight excluding hydrogens is 333 g/mol. The van der Waals surface area contributed by atoms with E-state index < -0.39 is 7.82 Å². The second kappa shape index (κ2) is 6.91. The van der Waals surface area contributed by atoms with Crippen LogP contribution in [0.5, 0.6) is 0 Å². The molecule has 0 unspecified atom stereocenters. The summed E-state index contributed by atoms with van der Waals surface area (Å²) in [6, 6.07) is 16.3. The highest BCUT2D eigenvalue weighted by molar-refractivity contribution is 7.99. The molecule has 2 N–H and O–H groups in total. The number of nitrogens with zero attached hydrogens (tertiary/aromatic N) is 1. The summed E-state index contributed by atoms with van der Waals surface area (Å²) in [5, 5.41) is 0. The van der Waals surface area contributed by atoms with E-state index in [1.165, 1.54) is 9.79 Å². The van der Waals surface area contributed by atoms with Crippen LogP contribution in [0.4, 0.5) is 11.4 Å². The normalized spacial score (nSPS) is 13.9. The summed E-state index contributed by atoms with van der Waals surface area (Å²) in [7, 11) is -4.41. The van der Waals surface area contributed by atoms with Crippen LogP contribution in [0.15, 0.2) is 70.5 Å². The maximum Gasteiger partial charge on any atom is 0.469 e. The van der Waals surface area contributed by atoms with Gasteiger partial charge in [-0.15, -0.1) is 0 Å². The minimum Gasteiger partial charge on any atom is -0.336 e. The number of rotatable bonds is 5. The minimum atomic E-state index is -4.41. The van der Waals surface area contributed by atoms with E-state index in [0.717, 1.165) is 11.4 Å². The number of phosphoric ester groups is 1. The molecular formula is C16H16NO4PS. The number of fused-ring (bicyclic) bond motifs is 2. The fourth-order valence-corrected chi connectivity index (χ4v) is 3.74. The summed E-state index contributed by atoms with van der Waals surface area (Å²) in [5.41, 5.74) is 2.24. The van der Waals surface area contributed by atoms with Gasteiger partial charge < -0.3 is 14.7 Å². The van der Waals surface area contributed by atoms with Crippen LogP contribution in [-0.2, 0) is 9.09 Å². The van der Waals surface area contributed by atoms with Crippen molar-refractivity contribution < 1.29 is 18.9 Å². The first-order chi connectivity index (χ1) is 11.0. The van der Waals surface area contributed by atoms with E-state index in [0.29, 0.717) is 6.54 Å². The van der Waals surface area contributed by atoms with Gasteiger partial charge in [-0.2, -0.15) is 0 Å². The summed E-state index contributed by atoms with van der Waals surface area (Å²) < 4.78 is 15.1. The maximum absolute atomic E-state index is 10.6. The zero-order chi connectivity index (χ0) is 16.3. The first-order valence-electron chi connectivity index (χ1n) is 7.03. The number of phosphoric acid groups is 1. The molecule has 0 radical (unpaired) electrons. The van der Waals surface area contributed by atoms with Crippen molar-refractivity contribution in [2.45, 2.75) is 9.79 Å². The third-order valence-corrected chi connectivity index (χ3v) is 4.94. The highest BCUT2D eigenvalue weighted by atomic mass is 32.2. The van der Waals surface area contributed by atoms with Gasteiger partial charge in [-0.05, 0) is 24.3 Å². The van der Waals surface area contributed by atoms with Crippen molar-refractivity contribution >= 4 is 31.0 Å². The van der Waals surface area contributed by atoms with Gasteiger partial charge in [0.1, 0.15) is 0 Å². The highest BCUT2D eigenvalue weighted by Crippen LogP contribution is 2.47. The second-order valence-corrected chi connectivity index (χ2v) is 7.23. The monoisotopic (exact) mass is 349 g/mol. The van der Waals surface area contributed by atoms with Gasteiger partial charge in [0, 0.05) is 16.3 Å². The summed E-state index contributed by atoms with van der Waals surface area (Å²) >= 11 is 1.74. The predicted octanol–water partition coefficient (Wildman–Crippen LogP) is 3.95. The smallest absolute Gasteiger partial charge is 0.336 e. The third-order valence-electron chi connectivity index (χ3n) is 3.33. The first-order valence-corrected chi connectivity index (χ1v) is 9.38. The summed E-state index contributed by atoms with van der Waals surface area (Å²) in [4.78, 5) is 21.9. The molecule has 23 heavy (non-hydrogen) atoms. The molecule has 5 nitrogen and oxygen atoms in total. The SMILES string of the molecule is O=P(O)(O)OCC=CCN1c2ccccc2Sc2ccccc21. The van der Waals surface area contributed by atoms with E-state index in [-0.39, 0.29) is 6.61 Å². The van der Waals surface area contributed by atoms with Crippen molar-refractivity contribution in [3.05, 3.63) is 60.7 Å². The van der Waals surface area contributed by atoms with E-state index in [1.807, 2.05) is 30.3 Å². The van der Waals surface area contributed by atoms with Gasteiger partial charge >= 0.3 is 7.82 Å². The summed E-state index contributed by atoms with van der Waals surface area (Å²) in [5.74, 6) is 0. The van der Waals surface area contributed by atoms with Crippen molar-refractivity contribution in [2.24, 2.45) is 0 Å². The van der Waals surface area contributed by atoms with Gasteiger partial charge in [0.05, 0.1) is 18.0 Å². The Morgan fingerprint density at radius 3 is 2.13 bits per heavy atom. The van der Waals surface area contributed by atoms with Crippen LogP contribution in [0.3, 0.4) is 0 Å². The van der Waals surface area contributed by atoms with Crippen molar-refractivity contribution in [2.75, 3.05) is 18.1 Å². The lowest BCUT2D eigenvalue weighted by Gasteiger charge is -2.31. The van der Waals surface area contributed by atoms with E-state index in [4.69, 9.17) is 9.79 Å². The van der Waals surface area contributed by atoms with Crippen LogP contribution < -0.4 is 4.90 Å². The molecule has 0 saturated carbocycles. The fourth-order valence-electron chi connectivity index (χ4n) is 2.37. The molecule has 0 fully saturated rings. The Morgan fingerprint density at radius 2 is 1.57 bits per heavy atom. The molecule has 0 amide bonds. The van der Waals surface area contributed by atoms with Gasteiger partial charge in [-0.1, -0.05) is 48.2 Å². The van der Waals surface area contributed by atoms with Crippen LogP contribution in [0.25, 0.3) is 0 Å². The Labute approximate surface area is 138 Å². The molecule has 1 aliphatic rings. The van der Waals surface area contributed by atoms with Crippen molar-refractivity contribution in [1.29, 1.82) is 0 Å². The van der Waals surface area contributed by atoms with Crippen molar-refractivity contribution in [3.8, 4) is 0 Å². The Morgan fingerprint density at radius 1 is 1.00 bits per heavy atom. The molecule has 7 heteroatoms. The summed E-state index contributed by atoms with van der Waals surface area (Å²) in [6.07, 6.45) is 3.46. The number of benzene rings is 2. The molecule has 0 atom stereocenters. The van der Waals surface area contributed by atoms with E-state index in [9.17, 15) is 4.57 Å². The topological polar surface area (TPSA) is 70.0 Å². The molecule has 0 spiro atoms. The Hall–Kier alpha value is -1.56. The van der Waals surface area contributed by atoms with Gasteiger partial charge in [0.2, 0.25) is 0 Å². The molecule has 0 aliphatic carbocycles. The Kier molecular flexibility index (Phi) is 4.90. The molecule has 0 bridgehead atoms. The lowest BCUT2D eigenvalue weighted by Crippen LogP contribution is -2.20. The molecule has 0 aromatic heterocycles. The Bertz CT molecular complexity index is 729. The van der Waals surface area contributed by atoms with Crippen molar-refractivity contribution in [3.63, 3.8) is 0 Å². The molecule has 120 valence electrons. The van der Waals surface area contributed by atoms with Crippen molar-refractivity contribution in [1.82, 2.24) is 0 Å². The van der Waals surface area contributed by atoms with Gasteiger partial charge in [0.25, 0.3) is 0 Å². The predicted molar refractivity (Wildman–Crippen MR) is 91.1 cm³/mol.